The molecule has 24 heavy (non-hydrogen) atoms. The van der Waals surface area contributed by atoms with E-state index in [0.29, 0.717) is 17.3 Å². The first kappa shape index (κ1) is 16.2. The van der Waals surface area contributed by atoms with Crippen LogP contribution in [0.1, 0.15) is 61.4 Å². The van der Waals surface area contributed by atoms with E-state index in [1.807, 2.05) is 0 Å². The van der Waals surface area contributed by atoms with Gasteiger partial charge in [-0.3, -0.25) is 4.79 Å². The standard InChI is InChI=1S/C18H21N3OS2/c19-10-11-23-18-20-15-16(22)13-8-4-5-9-14(13)24-17(15)21(18)12-6-2-1-3-7-12/h12H,1-9,11H2. The average Bonchev–Trinajstić information content (AvgIpc) is 2.99. The van der Waals surface area contributed by atoms with E-state index in [9.17, 15) is 4.79 Å². The Kier molecular flexibility index (Phi) is 4.64. The molecule has 6 heteroatoms. The average molecular weight is 360 g/mol. The highest BCUT2D eigenvalue weighted by Gasteiger charge is 2.26. The van der Waals surface area contributed by atoms with Gasteiger partial charge in [0.15, 0.2) is 5.16 Å². The molecule has 126 valence electrons. The fourth-order valence-electron chi connectivity index (χ4n) is 3.99. The molecule has 1 fully saturated rings. The molecule has 2 aliphatic rings. The van der Waals surface area contributed by atoms with Crippen LogP contribution < -0.4 is 5.43 Å². The molecule has 0 radical (unpaired) electrons. The van der Waals surface area contributed by atoms with Gasteiger partial charge in [-0.1, -0.05) is 31.0 Å². The zero-order valence-corrected chi connectivity index (χ0v) is 15.3. The van der Waals surface area contributed by atoms with E-state index in [4.69, 9.17) is 10.2 Å². The van der Waals surface area contributed by atoms with Crippen molar-refractivity contribution in [1.82, 2.24) is 9.55 Å². The highest BCUT2D eigenvalue weighted by molar-refractivity contribution is 7.99. The van der Waals surface area contributed by atoms with Gasteiger partial charge in [0, 0.05) is 16.5 Å². The van der Waals surface area contributed by atoms with Crippen LogP contribution in [0.4, 0.5) is 0 Å². The Balaban J connectivity index is 1.90. The predicted molar refractivity (Wildman–Crippen MR) is 99.0 cm³/mol. The lowest BCUT2D eigenvalue weighted by molar-refractivity contribution is 0.344. The van der Waals surface area contributed by atoms with Crippen LogP contribution in [0.5, 0.6) is 0 Å². The third-order valence-electron chi connectivity index (χ3n) is 5.17. The van der Waals surface area contributed by atoms with Crippen LogP contribution in [0, 0.1) is 11.3 Å². The summed E-state index contributed by atoms with van der Waals surface area (Å²) in [5, 5.41) is 9.83. The van der Waals surface area contributed by atoms with E-state index < -0.39 is 0 Å². The van der Waals surface area contributed by atoms with Crippen LogP contribution in [-0.4, -0.2) is 15.3 Å². The molecule has 0 unspecified atom stereocenters. The second kappa shape index (κ2) is 6.89. The van der Waals surface area contributed by atoms with Gasteiger partial charge in [-0.2, -0.15) is 5.26 Å². The van der Waals surface area contributed by atoms with Crippen LogP contribution in [0.3, 0.4) is 0 Å². The Morgan fingerprint density at radius 3 is 2.79 bits per heavy atom. The highest BCUT2D eigenvalue weighted by Crippen LogP contribution is 2.38. The number of thioether (sulfide) groups is 1. The minimum absolute atomic E-state index is 0.145. The summed E-state index contributed by atoms with van der Waals surface area (Å²) in [6, 6.07) is 2.63. The van der Waals surface area contributed by atoms with Gasteiger partial charge in [0.2, 0.25) is 5.43 Å². The maximum Gasteiger partial charge on any atom is 0.211 e. The highest BCUT2D eigenvalue weighted by atomic mass is 32.2. The number of fused-ring (bicyclic) bond motifs is 2. The maximum absolute atomic E-state index is 13.0. The molecule has 1 saturated carbocycles. The molecule has 0 saturated heterocycles. The number of hydrogen-bond acceptors (Lipinski definition) is 5. The van der Waals surface area contributed by atoms with Gasteiger partial charge < -0.3 is 4.57 Å². The summed E-state index contributed by atoms with van der Waals surface area (Å²) in [5.74, 6) is 0.384. The van der Waals surface area contributed by atoms with Gasteiger partial charge in [-0.25, -0.2) is 4.98 Å². The van der Waals surface area contributed by atoms with E-state index in [-0.39, 0.29) is 5.43 Å². The minimum atomic E-state index is 0.145. The van der Waals surface area contributed by atoms with Crippen molar-refractivity contribution >= 4 is 33.4 Å². The molecule has 0 bridgehead atoms. The van der Waals surface area contributed by atoms with Gasteiger partial charge in [-0.05, 0) is 38.5 Å². The molecule has 2 aliphatic carbocycles. The van der Waals surface area contributed by atoms with Crippen LogP contribution in [0.15, 0.2) is 9.95 Å². The van der Waals surface area contributed by atoms with Gasteiger partial charge in [-0.15, -0.1) is 11.3 Å². The first-order valence-corrected chi connectivity index (χ1v) is 10.7. The van der Waals surface area contributed by atoms with Crippen molar-refractivity contribution in [3.63, 3.8) is 0 Å². The van der Waals surface area contributed by atoms with E-state index in [2.05, 4.69) is 10.6 Å². The molecule has 4 nitrogen and oxygen atoms in total. The minimum Gasteiger partial charge on any atom is -0.307 e. The van der Waals surface area contributed by atoms with E-state index in [0.717, 1.165) is 47.7 Å². The smallest absolute Gasteiger partial charge is 0.211 e. The monoisotopic (exact) mass is 359 g/mol. The fraction of sp³-hybridized carbons (Fsp3) is 0.611. The Bertz CT molecular complexity index is 856. The number of aromatic nitrogens is 2. The predicted octanol–water partition coefficient (Wildman–Crippen LogP) is 4.46. The maximum atomic E-state index is 13.0. The van der Waals surface area contributed by atoms with Gasteiger partial charge in [0.05, 0.1) is 11.8 Å². The second-order valence-corrected chi connectivity index (χ2v) is 8.72. The zero-order valence-electron chi connectivity index (χ0n) is 13.7. The summed E-state index contributed by atoms with van der Waals surface area (Å²) in [6.07, 6.45) is 10.3. The summed E-state index contributed by atoms with van der Waals surface area (Å²) in [6.45, 7) is 0. The topological polar surface area (TPSA) is 58.7 Å². The third-order valence-corrected chi connectivity index (χ3v) is 7.27. The largest absolute Gasteiger partial charge is 0.307 e. The molecule has 0 amide bonds. The molecule has 2 aromatic rings. The summed E-state index contributed by atoms with van der Waals surface area (Å²) in [5.41, 5.74) is 1.79. The van der Waals surface area contributed by atoms with Crippen LogP contribution in [-0.2, 0) is 12.8 Å². The summed E-state index contributed by atoms with van der Waals surface area (Å²) in [7, 11) is 0. The van der Waals surface area contributed by atoms with Crippen molar-refractivity contribution in [1.29, 1.82) is 5.26 Å². The molecular weight excluding hydrogens is 338 g/mol. The van der Waals surface area contributed by atoms with Crippen molar-refractivity contribution in [3.8, 4) is 6.07 Å². The number of hydrogen-bond donors (Lipinski definition) is 0. The quantitative estimate of drug-likeness (QED) is 0.759. The third kappa shape index (κ3) is 2.78. The lowest BCUT2D eigenvalue weighted by Crippen LogP contribution is -2.17. The van der Waals surface area contributed by atoms with E-state index >= 15 is 0 Å². The number of rotatable bonds is 3. The zero-order chi connectivity index (χ0) is 16.5. The van der Waals surface area contributed by atoms with Crippen LogP contribution in [0.25, 0.3) is 10.3 Å². The molecular formula is C18H21N3OS2. The number of imidazole rings is 1. The number of aryl methyl sites for hydroxylation is 1. The lowest BCUT2D eigenvalue weighted by Gasteiger charge is -2.25. The molecule has 0 aliphatic heterocycles. The van der Waals surface area contributed by atoms with Crippen LogP contribution in [0.2, 0.25) is 0 Å². The van der Waals surface area contributed by atoms with Crippen molar-refractivity contribution in [2.75, 3.05) is 5.75 Å². The van der Waals surface area contributed by atoms with Crippen LogP contribution >= 0.6 is 23.1 Å². The fourth-order valence-corrected chi connectivity index (χ4v) is 6.15. The summed E-state index contributed by atoms with van der Waals surface area (Å²) < 4.78 is 2.30. The Labute approximate surface area is 149 Å². The van der Waals surface area contributed by atoms with Gasteiger partial charge in [0.25, 0.3) is 0 Å². The Hall–Kier alpha value is -1.32. The second-order valence-electron chi connectivity index (χ2n) is 6.70. The number of nitrogens with zero attached hydrogens (tertiary/aromatic N) is 3. The SMILES string of the molecule is N#CCSc1nc2c(=O)c3c(sc2n1C1CCCCC1)CCCC3. The molecule has 0 spiro atoms. The Morgan fingerprint density at radius 2 is 2.00 bits per heavy atom. The van der Waals surface area contributed by atoms with Gasteiger partial charge in [0.1, 0.15) is 10.3 Å². The van der Waals surface area contributed by atoms with Crippen molar-refractivity contribution < 1.29 is 0 Å². The van der Waals surface area contributed by atoms with Gasteiger partial charge >= 0.3 is 0 Å². The first-order valence-electron chi connectivity index (χ1n) is 8.86. The molecule has 0 N–H and O–H groups in total. The molecule has 2 heterocycles. The molecule has 2 aromatic heterocycles. The molecule has 4 rings (SSSR count). The normalized spacial score (nSPS) is 18.5. The summed E-state index contributed by atoms with van der Waals surface area (Å²) in [4.78, 5) is 20.0. The molecule has 0 aromatic carbocycles. The van der Waals surface area contributed by atoms with Crippen molar-refractivity contribution in [2.24, 2.45) is 0 Å². The lowest BCUT2D eigenvalue weighted by atomic mass is 9.95. The first-order chi connectivity index (χ1) is 11.8. The van der Waals surface area contributed by atoms with Crippen molar-refractivity contribution in [2.45, 2.75) is 69.0 Å². The molecule has 0 atom stereocenters. The summed E-state index contributed by atoms with van der Waals surface area (Å²) >= 11 is 3.26. The van der Waals surface area contributed by atoms with Crippen molar-refractivity contribution in [3.05, 3.63) is 20.7 Å². The Morgan fingerprint density at radius 1 is 1.21 bits per heavy atom. The number of nitriles is 1. The van der Waals surface area contributed by atoms with E-state index in [1.54, 1.807) is 11.3 Å². The van der Waals surface area contributed by atoms with E-state index in [1.165, 1.54) is 42.3 Å².